The molecular weight excluding hydrogens is 324 g/mol. The van der Waals surface area contributed by atoms with Crippen LogP contribution in [0.4, 0.5) is 10.6 Å². The molecule has 2 heterocycles. The lowest BCUT2D eigenvalue weighted by molar-refractivity contribution is 0.0566. The van der Waals surface area contributed by atoms with Gasteiger partial charge in [0.1, 0.15) is 12.2 Å². The van der Waals surface area contributed by atoms with Crippen LogP contribution in [0.1, 0.15) is 52.9 Å². The molecular formula is C18H26N2O3S. The zero-order chi connectivity index (χ0) is 17.2. The van der Waals surface area contributed by atoms with E-state index in [1.54, 1.807) is 4.90 Å². The van der Waals surface area contributed by atoms with E-state index in [0.717, 1.165) is 4.90 Å². The summed E-state index contributed by atoms with van der Waals surface area (Å²) in [6.45, 7) is 6.52. The Balaban J connectivity index is 1.73. The summed E-state index contributed by atoms with van der Waals surface area (Å²) in [6.07, 6.45) is 8.02. The maximum absolute atomic E-state index is 12.4. The Bertz CT molecular complexity index is 594. The van der Waals surface area contributed by atoms with Crippen LogP contribution in [0.15, 0.2) is 17.2 Å². The number of fused-ring (bicyclic) bond motifs is 1. The molecule has 0 atom stereocenters. The Hall–Kier alpha value is -1.43. The van der Waals surface area contributed by atoms with Crippen LogP contribution in [0.3, 0.4) is 0 Å². The normalized spacial score (nSPS) is 18.7. The molecule has 1 aromatic heterocycles. The highest BCUT2D eigenvalue weighted by molar-refractivity contribution is 8.00. The first-order valence-electron chi connectivity index (χ1n) is 8.72. The molecule has 5 nitrogen and oxygen atoms in total. The lowest BCUT2D eigenvalue weighted by atomic mass is 10.0. The van der Waals surface area contributed by atoms with Crippen LogP contribution in [-0.2, 0) is 4.74 Å². The fourth-order valence-electron chi connectivity index (χ4n) is 3.02. The molecule has 0 radical (unpaired) electrons. The van der Waals surface area contributed by atoms with Gasteiger partial charge < -0.3 is 9.47 Å². The van der Waals surface area contributed by atoms with Crippen molar-refractivity contribution in [3.63, 3.8) is 0 Å². The number of nitrogens with zero attached hydrogens (tertiary/aromatic N) is 2. The molecule has 1 saturated carbocycles. The molecule has 6 heteroatoms. The third-order valence-corrected chi connectivity index (χ3v) is 5.40. The van der Waals surface area contributed by atoms with Crippen LogP contribution in [0.25, 0.3) is 0 Å². The van der Waals surface area contributed by atoms with Gasteiger partial charge in [-0.15, -0.1) is 11.8 Å². The predicted octanol–water partition coefficient (Wildman–Crippen LogP) is 4.64. The van der Waals surface area contributed by atoms with Gasteiger partial charge in [0.05, 0.1) is 6.54 Å². The van der Waals surface area contributed by atoms with Gasteiger partial charge in [-0.25, -0.2) is 9.78 Å². The summed E-state index contributed by atoms with van der Waals surface area (Å²) in [5, 5.41) is 0.671. The summed E-state index contributed by atoms with van der Waals surface area (Å²) < 4.78 is 11.2. The van der Waals surface area contributed by atoms with Gasteiger partial charge in [-0.3, -0.25) is 4.90 Å². The van der Waals surface area contributed by atoms with Crippen molar-refractivity contribution in [3.8, 4) is 5.75 Å². The second kappa shape index (κ2) is 7.21. The standard InChI is InChI=1S/C18H26N2O3S/c1-18(2,3)23-17(21)20-9-10-22-15-11-14(12-19-16(15)20)24-13-7-5-4-6-8-13/h11-13H,4-10H2,1-3H3. The van der Waals surface area contributed by atoms with Gasteiger partial charge in [0.15, 0.2) is 11.6 Å². The largest absolute Gasteiger partial charge is 0.488 e. The van der Waals surface area contributed by atoms with E-state index in [1.807, 2.05) is 44.8 Å². The van der Waals surface area contributed by atoms with Crippen LogP contribution in [0, 0.1) is 0 Å². The van der Waals surface area contributed by atoms with Crippen molar-refractivity contribution in [2.45, 2.75) is 68.6 Å². The molecule has 0 spiro atoms. The maximum atomic E-state index is 12.4. The smallest absolute Gasteiger partial charge is 0.416 e. The molecule has 0 aromatic carbocycles. The number of carbonyl (C=O) groups excluding carboxylic acids is 1. The number of pyridine rings is 1. The van der Waals surface area contributed by atoms with Gasteiger partial charge in [0, 0.05) is 16.3 Å². The predicted molar refractivity (Wildman–Crippen MR) is 96.0 cm³/mol. The number of amides is 1. The molecule has 24 heavy (non-hydrogen) atoms. The molecule has 1 aliphatic heterocycles. The average molecular weight is 350 g/mol. The summed E-state index contributed by atoms with van der Waals surface area (Å²) >= 11 is 1.88. The number of rotatable bonds is 2. The van der Waals surface area contributed by atoms with Crippen molar-refractivity contribution in [1.82, 2.24) is 4.98 Å². The molecule has 2 aliphatic rings. The van der Waals surface area contributed by atoms with Crippen molar-refractivity contribution in [1.29, 1.82) is 0 Å². The van der Waals surface area contributed by atoms with Gasteiger partial charge in [0.2, 0.25) is 0 Å². The summed E-state index contributed by atoms with van der Waals surface area (Å²) in [6, 6.07) is 2.01. The second-order valence-corrected chi connectivity index (χ2v) is 8.72. The molecule has 0 N–H and O–H groups in total. The first-order chi connectivity index (χ1) is 11.4. The van der Waals surface area contributed by atoms with Crippen LogP contribution in [0.5, 0.6) is 5.75 Å². The van der Waals surface area contributed by atoms with E-state index in [1.165, 1.54) is 32.1 Å². The molecule has 1 amide bonds. The van der Waals surface area contributed by atoms with Crippen LogP contribution >= 0.6 is 11.8 Å². The van der Waals surface area contributed by atoms with E-state index in [2.05, 4.69) is 4.98 Å². The van der Waals surface area contributed by atoms with Crippen molar-refractivity contribution < 1.29 is 14.3 Å². The van der Waals surface area contributed by atoms with E-state index < -0.39 is 5.60 Å². The van der Waals surface area contributed by atoms with E-state index in [-0.39, 0.29) is 6.09 Å². The van der Waals surface area contributed by atoms with E-state index >= 15 is 0 Å². The monoisotopic (exact) mass is 350 g/mol. The number of hydrogen-bond acceptors (Lipinski definition) is 5. The van der Waals surface area contributed by atoms with E-state index in [4.69, 9.17) is 9.47 Å². The second-order valence-electron chi connectivity index (χ2n) is 7.35. The molecule has 132 valence electrons. The summed E-state index contributed by atoms with van der Waals surface area (Å²) in [4.78, 5) is 19.6. The average Bonchev–Trinajstić information content (AvgIpc) is 2.53. The fraction of sp³-hybridized carbons (Fsp3) is 0.667. The molecule has 3 rings (SSSR count). The Morgan fingerprint density at radius 3 is 2.79 bits per heavy atom. The SMILES string of the molecule is CC(C)(C)OC(=O)N1CCOc2cc(SC3CCCCC3)cnc21. The van der Waals surface area contributed by atoms with Crippen LogP contribution < -0.4 is 9.64 Å². The number of anilines is 1. The van der Waals surface area contributed by atoms with Crippen LogP contribution in [0.2, 0.25) is 0 Å². The molecule has 0 bridgehead atoms. The molecule has 0 unspecified atom stereocenters. The lowest BCUT2D eigenvalue weighted by Crippen LogP contribution is -2.42. The minimum atomic E-state index is -0.522. The minimum absolute atomic E-state index is 0.368. The minimum Gasteiger partial charge on any atom is -0.488 e. The Labute approximate surface area is 148 Å². The van der Waals surface area contributed by atoms with Gasteiger partial charge in [-0.1, -0.05) is 19.3 Å². The topological polar surface area (TPSA) is 51.7 Å². The first kappa shape index (κ1) is 17.4. The Morgan fingerprint density at radius 1 is 1.33 bits per heavy atom. The van der Waals surface area contributed by atoms with Gasteiger partial charge in [-0.2, -0.15) is 0 Å². The highest BCUT2D eigenvalue weighted by Gasteiger charge is 2.29. The van der Waals surface area contributed by atoms with Crippen molar-refractivity contribution in [3.05, 3.63) is 12.3 Å². The Kier molecular flexibility index (Phi) is 5.23. The summed E-state index contributed by atoms with van der Waals surface area (Å²) in [5.74, 6) is 1.23. The van der Waals surface area contributed by atoms with Gasteiger partial charge >= 0.3 is 6.09 Å². The maximum Gasteiger partial charge on any atom is 0.416 e. The number of carbonyl (C=O) groups is 1. The van der Waals surface area contributed by atoms with Crippen molar-refractivity contribution in [2.24, 2.45) is 0 Å². The molecule has 1 aromatic rings. The highest BCUT2D eigenvalue weighted by atomic mass is 32.2. The zero-order valence-corrected chi connectivity index (χ0v) is 15.5. The fourth-order valence-corrected chi connectivity index (χ4v) is 4.26. The quantitative estimate of drug-likeness (QED) is 0.778. The van der Waals surface area contributed by atoms with Crippen molar-refractivity contribution >= 4 is 23.7 Å². The molecule has 1 aliphatic carbocycles. The van der Waals surface area contributed by atoms with Gasteiger partial charge in [0.25, 0.3) is 0 Å². The number of hydrogen-bond donors (Lipinski definition) is 0. The zero-order valence-electron chi connectivity index (χ0n) is 14.7. The Morgan fingerprint density at radius 2 is 2.08 bits per heavy atom. The third-order valence-electron chi connectivity index (χ3n) is 4.10. The van der Waals surface area contributed by atoms with Gasteiger partial charge in [-0.05, 0) is 39.7 Å². The number of thioether (sulfide) groups is 1. The van der Waals surface area contributed by atoms with Crippen molar-refractivity contribution in [2.75, 3.05) is 18.1 Å². The van der Waals surface area contributed by atoms with E-state index in [9.17, 15) is 4.79 Å². The third kappa shape index (κ3) is 4.35. The van der Waals surface area contributed by atoms with E-state index in [0.29, 0.717) is 30.0 Å². The number of aromatic nitrogens is 1. The molecule has 0 saturated heterocycles. The summed E-state index contributed by atoms with van der Waals surface area (Å²) in [5.41, 5.74) is -0.522. The first-order valence-corrected chi connectivity index (χ1v) is 9.60. The highest BCUT2D eigenvalue weighted by Crippen LogP contribution is 2.38. The lowest BCUT2D eigenvalue weighted by Gasteiger charge is -2.31. The molecule has 1 fully saturated rings. The summed E-state index contributed by atoms with van der Waals surface area (Å²) in [7, 11) is 0. The van der Waals surface area contributed by atoms with Crippen LogP contribution in [-0.4, -0.2) is 35.1 Å². The number of ether oxygens (including phenoxy) is 2.